The molecular weight excluding hydrogens is 198 g/mol. The van der Waals surface area contributed by atoms with Gasteiger partial charge < -0.3 is 4.52 Å². The molecule has 0 N–H and O–H groups in total. The second-order valence-electron chi connectivity index (χ2n) is 4.75. The van der Waals surface area contributed by atoms with Crippen LogP contribution in [0.5, 0.6) is 0 Å². The number of allylic oxidation sites excluding steroid dienone is 4. The van der Waals surface area contributed by atoms with E-state index in [0.29, 0.717) is 11.8 Å². The Bertz CT molecular complexity index is 507. The Labute approximate surface area is 95.3 Å². The Morgan fingerprint density at radius 3 is 3.06 bits per heavy atom. The quantitative estimate of drug-likeness (QED) is 0.661. The molecule has 0 aromatic carbocycles. The molecule has 2 aliphatic carbocycles. The summed E-state index contributed by atoms with van der Waals surface area (Å²) >= 11 is 0. The average Bonchev–Trinajstić information content (AvgIpc) is 2.60. The van der Waals surface area contributed by atoms with Gasteiger partial charge in [0.25, 0.3) is 0 Å². The summed E-state index contributed by atoms with van der Waals surface area (Å²) in [6.07, 6.45) is 6.37. The van der Waals surface area contributed by atoms with Crippen LogP contribution in [0.3, 0.4) is 0 Å². The highest BCUT2D eigenvalue weighted by molar-refractivity contribution is 5.73. The van der Waals surface area contributed by atoms with E-state index in [1.165, 1.54) is 5.57 Å². The molecule has 1 unspecified atom stereocenters. The molecule has 3 rings (SSSR count). The third kappa shape index (κ3) is 1.16. The van der Waals surface area contributed by atoms with Crippen molar-refractivity contribution in [2.24, 2.45) is 11.8 Å². The number of fused-ring (bicyclic) bond motifs is 2. The van der Waals surface area contributed by atoms with Crippen molar-refractivity contribution in [3.8, 4) is 0 Å². The maximum Gasteiger partial charge on any atom is 0.144 e. The van der Waals surface area contributed by atoms with Gasteiger partial charge in [0.05, 0.1) is 5.69 Å². The first-order valence-corrected chi connectivity index (χ1v) is 5.68. The molecule has 2 atom stereocenters. The Morgan fingerprint density at radius 2 is 2.25 bits per heavy atom. The number of aromatic nitrogens is 1. The maximum absolute atomic E-state index is 5.38. The molecule has 2 aliphatic rings. The largest absolute Gasteiger partial charge is 0.360 e. The highest BCUT2D eigenvalue weighted by Crippen LogP contribution is 2.46. The Kier molecular flexibility index (Phi) is 1.93. The zero-order valence-electron chi connectivity index (χ0n) is 9.49. The summed E-state index contributed by atoms with van der Waals surface area (Å²) in [6, 6.07) is 0. The van der Waals surface area contributed by atoms with Gasteiger partial charge in [-0.2, -0.15) is 0 Å². The van der Waals surface area contributed by atoms with Crippen LogP contribution < -0.4 is 0 Å². The maximum atomic E-state index is 5.38. The van der Waals surface area contributed by atoms with Crippen molar-refractivity contribution >= 4 is 5.57 Å². The van der Waals surface area contributed by atoms with Crippen molar-refractivity contribution in [2.45, 2.75) is 19.8 Å². The molecule has 0 fully saturated rings. The molecule has 1 heterocycles. The van der Waals surface area contributed by atoms with Gasteiger partial charge >= 0.3 is 0 Å². The normalized spacial score (nSPS) is 27.8. The van der Waals surface area contributed by atoms with Crippen LogP contribution in [-0.2, 0) is 6.42 Å². The first-order valence-electron chi connectivity index (χ1n) is 5.68. The van der Waals surface area contributed by atoms with Gasteiger partial charge in [0.2, 0.25) is 0 Å². The Balaban J connectivity index is 2.12. The summed E-state index contributed by atoms with van der Waals surface area (Å²) in [5.41, 5.74) is 4.41. The van der Waals surface area contributed by atoms with Gasteiger partial charge in [0.1, 0.15) is 5.76 Å². The van der Waals surface area contributed by atoms with Crippen molar-refractivity contribution in [2.75, 3.05) is 0 Å². The minimum absolute atomic E-state index is 0.385. The van der Waals surface area contributed by atoms with E-state index in [2.05, 4.69) is 30.5 Å². The van der Waals surface area contributed by atoms with Crippen LogP contribution >= 0.6 is 0 Å². The third-order valence-corrected chi connectivity index (χ3v) is 3.72. The second-order valence-corrected chi connectivity index (χ2v) is 4.75. The minimum atomic E-state index is 0.385. The lowest BCUT2D eigenvalue weighted by atomic mass is 9.68. The summed E-state index contributed by atoms with van der Waals surface area (Å²) < 4.78 is 5.38. The second kappa shape index (κ2) is 3.21. The van der Waals surface area contributed by atoms with E-state index < -0.39 is 0 Å². The van der Waals surface area contributed by atoms with Crippen molar-refractivity contribution < 1.29 is 4.52 Å². The van der Waals surface area contributed by atoms with E-state index in [4.69, 9.17) is 4.52 Å². The van der Waals surface area contributed by atoms with E-state index in [-0.39, 0.29) is 0 Å². The molecule has 0 amide bonds. The first-order chi connectivity index (χ1) is 7.68. The fourth-order valence-corrected chi connectivity index (χ4v) is 3.01. The third-order valence-electron chi connectivity index (χ3n) is 3.72. The van der Waals surface area contributed by atoms with E-state index >= 15 is 0 Å². The molecule has 1 aromatic heterocycles. The van der Waals surface area contributed by atoms with Crippen molar-refractivity contribution in [3.63, 3.8) is 0 Å². The fraction of sp³-hybridized carbons (Fsp3) is 0.357. The topological polar surface area (TPSA) is 26.0 Å². The lowest BCUT2D eigenvalue weighted by Gasteiger charge is -2.35. The van der Waals surface area contributed by atoms with Gasteiger partial charge in [0.15, 0.2) is 0 Å². The molecule has 82 valence electrons. The number of nitrogens with zero attached hydrogens (tertiary/aromatic N) is 1. The predicted molar refractivity (Wildman–Crippen MR) is 63.9 cm³/mol. The van der Waals surface area contributed by atoms with E-state index in [1.807, 2.05) is 6.92 Å². The van der Waals surface area contributed by atoms with Gasteiger partial charge in [-0.15, -0.1) is 0 Å². The van der Waals surface area contributed by atoms with Gasteiger partial charge in [-0.1, -0.05) is 30.5 Å². The van der Waals surface area contributed by atoms with Crippen LogP contribution in [0.25, 0.3) is 5.57 Å². The van der Waals surface area contributed by atoms with Crippen LogP contribution in [0.15, 0.2) is 35.4 Å². The van der Waals surface area contributed by atoms with E-state index in [1.54, 1.807) is 0 Å². The van der Waals surface area contributed by atoms with Gasteiger partial charge in [-0.25, -0.2) is 0 Å². The summed E-state index contributed by atoms with van der Waals surface area (Å²) in [5, 5.41) is 4.05. The predicted octanol–water partition coefficient (Wildman–Crippen LogP) is 3.30. The molecule has 1 aromatic rings. The molecule has 0 spiro atoms. The SMILES string of the molecule is C=C1C=CC[C@H]2Cc3onc(C)c3C(=C)C12. The molecule has 16 heavy (non-hydrogen) atoms. The Morgan fingerprint density at radius 1 is 1.44 bits per heavy atom. The van der Waals surface area contributed by atoms with Crippen LogP contribution in [0.4, 0.5) is 0 Å². The van der Waals surface area contributed by atoms with Crippen LogP contribution in [0.2, 0.25) is 0 Å². The van der Waals surface area contributed by atoms with Gasteiger partial charge in [-0.3, -0.25) is 0 Å². The molecule has 0 saturated heterocycles. The fourth-order valence-electron chi connectivity index (χ4n) is 3.01. The molecular formula is C14H15NO. The van der Waals surface area contributed by atoms with Crippen LogP contribution in [0, 0.1) is 18.8 Å². The van der Waals surface area contributed by atoms with Crippen molar-refractivity contribution in [1.82, 2.24) is 5.16 Å². The Hall–Kier alpha value is -1.57. The summed E-state index contributed by atoms with van der Waals surface area (Å²) in [5.74, 6) is 1.95. The van der Waals surface area contributed by atoms with Crippen molar-refractivity contribution in [3.05, 3.63) is 47.9 Å². The van der Waals surface area contributed by atoms with E-state index in [9.17, 15) is 0 Å². The average molecular weight is 213 g/mol. The molecule has 0 radical (unpaired) electrons. The first kappa shape index (κ1) is 9.64. The highest BCUT2D eigenvalue weighted by atomic mass is 16.5. The standard InChI is InChI=1S/C14H15NO/c1-8-5-4-6-11-7-12-14(9(2)13(8)11)10(3)15-16-12/h4-5,11,13H,1-2,6-7H2,3H3/t11-,13?/m0/s1. The molecule has 0 bridgehead atoms. The van der Waals surface area contributed by atoms with Gasteiger partial charge in [0, 0.05) is 17.9 Å². The number of hydrogen-bond donors (Lipinski definition) is 0. The zero-order chi connectivity index (χ0) is 11.3. The lowest BCUT2D eigenvalue weighted by molar-refractivity contribution is 0.331. The summed E-state index contributed by atoms with van der Waals surface area (Å²) in [7, 11) is 0. The number of hydrogen-bond acceptors (Lipinski definition) is 2. The summed E-state index contributed by atoms with van der Waals surface area (Å²) in [6.45, 7) is 10.3. The molecule has 2 nitrogen and oxygen atoms in total. The van der Waals surface area contributed by atoms with Gasteiger partial charge in [-0.05, 0) is 30.4 Å². The lowest BCUT2D eigenvalue weighted by Crippen LogP contribution is -2.26. The monoisotopic (exact) mass is 213 g/mol. The van der Waals surface area contributed by atoms with Crippen LogP contribution in [0.1, 0.15) is 23.4 Å². The minimum Gasteiger partial charge on any atom is -0.360 e. The molecule has 0 aliphatic heterocycles. The highest BCUT2D eigenvalue weighted by Gasteiger charge is 2.36. The number of aryl methyl sites for hydroxylation is 1. The van der Waals surface area contributed by atoms with Crippen LogP contribution in [-0.4, -0.2) is 5.16 Å². The molecule has 0 saturated carbocycles. The molecule has 2 heteroatoms. The number of rotatable bonds is 0. The van der Waals surface area contributed by atoms with E-state index in [0.717, 1.165) is 35.4 Å². The van der Waals surface area contributed by atoms with Crippen molar-refractivity contribution in [1.29, 1.82) is 0 Å². The zero-order valence-corrected chi connectivity index (χ0v) is 9.49. The summed E-state index contributed by atoms with van der Waals surface area (Å²) in [4.78, 5) is 0. The smallest absolute Gasteiger partial charge is 0.144 e.